The van der Waals surface area contributed by atoms with Crippen LogP contribution < -0.4 is 4.72 Å². The number of ether oxygens (including phenoxy) is 1. The zero-order valence-corrected chi connectivity index (χ0v) is 26.3. The molecule has 43 heavy (non-hydrogen) atoms. The molecular weight excluding hydrogens is 584 g/mol. The first-order chi connectivity index (χ1) is 20.4. The number of esters is 1. The zero-order valence-electron chi connectivity index (χ0n) is 24.7. The minimum absolute atomic E-state index is 0.194. The van der Waals surface area contributed by atoms with Gasteiger partial charge in [0.15, 0.2) is 0 Å². The Kier molecular flexibility index (Phi) is 6.84. The lowest BCUT2D eigenvalue weighted by Crippen LogP contribution is -2.59. The molecule has 1 amide bonds. The fourth-order valence-electron chi connectivity index (χ4n) is 8.92. The number of carbonyl (C=O) groups is 2. The molecule has 1 aliphatic heterocycles. The molecule has 5 aliphatic rings. The third kappa shape index (κ3) is 4.92. The molecule has 8 nitrogen and oxygen atoms in total. The number of alkyl halides is 1. The molecule has 12 heteroatoms. The Hall–Kier alpha value is -2.75. The van der Waals surface area contributed by atoms with E-state index in [4.69, 9.17) is 16.3 Å². The van der Waals surface area contributed by atoms with Gasteiger partial charge in [-0.1, -0.05) is 30.3 Å². The smallest absolute Gasteiger partial charge is 0.328 e. The van der Waals surface area contributed by atoms with Crippen molar-refractivity contribution >= 4 is 60.1 Å². The van der Waals surface area contributed by atoms with Crippen LogP contribution >= 0.6 is 11.6 Å². The number of aromatic amines is 1. The van der Waals surface area contributed by atoms with Gasteiger partial charge in [-0.05, 0) is 85.6 Å². The van der Waals surface area contributed by atoms with Crippen LogP contribution in [0.2, 0.25) is 0 Å². The maximum atomic E-state index is 13.9. The molecule has 0 spiro atoms. The standard InChI is InChI=1S/C31H36B2ClN3O5S/c1-42-28(38)25-13-23-22-4-2-3-5-24(22)35-26(23)27(37(25)29(39)31(32,33)34)20-6-8-21(9-7-20)43(40,41)36-30-14-17-10-18(15-30)12-19(11-17)16-30/h2-9,17-19,25,27,35-36H,10-16,32-33H2,1H3/t17?,18?,19?,25-,27+,30?/m1/s1. The quantitative estimate of drug-likeness (QED) is 0.251. The third-order valence-corrected chi connectivity index (χ3v) is 12.0. The van der Waals surface area contributed by atoms with Crippen molar-refractivity contribution in [3.8, 4) is 0 Å². The number of sulfonamides is 1. The van der Waals surface area contributed by atoms with Crippen LogP contribution in [-0.2, 0) is 30.8 Å². The Morgan fingerprint density at radius 2 is 1.63 bits per heavy atom. The van der Waals surface area contributed by atoms with E-state index in [0.29, 0.717) is 23.3 Å². The van der Waals surface area contributed by atoms with E-state index in [0.717, 1.165) is 41.4 Å². The first-order valence-electron chi connectivity index (χ1n) is 15.2. The van der Waals surface area contributed by atoms with Crippen molar-refractivity contribution in [3.05, 3.63) is 65.4 Å². The van der Waals surface area contributed by atoms with Gasteiger partial charge in [0.2, 0.25) is 15.9 Å². The summed E-state index contributed by atoms with van der Waals surface area (Å²) in [4.78, 5) is 32.3. The second-order valence-electron chi connectivity index (χ2n) is 13.8. The minimum atomic E-state index is -3.77. The summed E-state index contributed by atoms with van der Waals surface area (Å²) >= 11 is 6.58. The predicted octanol–water partition coefficient (Wildman–Crippen LogP) is 2.59. The molecule has 224 valence electrons. The van der Waals surface area contributed by atoms with Gasteiger partial charge in [-0.25, -0.2) is 17.9 Å². The molecule has 2 heterocycles. The summed E-state index contributed by atoms with van der Waals surface area (Å²) in [6, 6.07) is 12.9. The van der Waals surface area contributed by atoms with Crippen LogP contribution in [0.25, 0.3) is 10.9 Å². The first-order valence-corrected chi connectivity index (χ1v) is 17.1. The Morgan fingerprint density at radius 3 is 2.21 bits per heavy atom. The van der Waals surface area contributed by atoms with Crippen molar-refractivity contribution in [3.63, 3.8) is 0 Å². The van der Waals surface area contributed by atoms with Crippen molar-refractivity contribution in [2.75, 3.05) is 7.11 Å². The number of hydrogen-bond acceptors (Lipinski definition) is 5. The van der Waals surface area contributed by atoms with E-state index in [2.05, 4.69) is 9.71 Å². The molecule has 4 bridgehead atoms. The van der Waals surface area contributed by atoms with Gasteiger partial charge in [-0.2, -0.15) is 0 Å². The molecule has 3 aromatic rings. The summed E-state index contributed by atoms with van der Waals surface area (Å²) in [6.07, 6.45) is 6.71. The number of rotatable bonds is 6. The van der Waals surface area contributed by atoms with Crippen molar-refractivity contribution in [2.45, 2.75) is 72.1 Å². The second-order valence-corrected chi connectivity index (χ2v) is 16.4. The molecule has 4 saturated carbocycles. The van der Waals surface area contributed by atoms with Gasteiger partial charge >= 0.3 is 5.97 Å². The van der Waals surface area contributed by atoms with Gasteiger partial charge < -0.3 is 14.6 Å². The number of halogens is 1. The van der Waals surface area contributed by atoms with Crippen molar-refractivity contribution in [2.24, 2.45) is 17.8 Å². The molecule has 4 aliphatic carbocycles. The van der Waals surface area contributed by atoms with Crippen molar-refractivity contribution < 1.29 is 22.7 Å². The summed E-state index contributed by atoms with van der Waals surface area (Å²) < 4.78 is 34.5. The van der Waals surface area contributed by atoms with Crippen LogP contribution in [0, 0.1) is 17.8 Å². The SMILES string of the molecule is BC(B)(Cl)C(=O)N1[C@@H](c2ccc(S(=O)(=O)NC34CC5CC(CC(C5)C3)C4)cc2)c2[nH]c3ccccc3c2C[C@@H]1C(=O)OC. The number of amides is 1. The number of benzene rings is 2. The Bertz CT molecular complexity index is 1680. The summed E-state index contributed by atoms with van der Waals surface area (Å²) in [5.41, 5.74) is 2.91. The van der Waals surface area contributed by atoms with Crippen LogP contribution in [0.5, 0.6) is 0 Å². The number of para-hydroxylation sites is 1. The molecule has 2 N–H and O–H groups in total. The molecule has 0 unspecified atom stereocenters. The molecule has 8 rings (SSSR count). The summed E-state index contributed by atoms with van der Waals surface area (Å²) in [6.45, 7) is 0. The van der Waals surface area contributed by atoms with Gasteiger partial charge in [-0.3, -0.25) is 4.79 Å². The summed E-state index contributed by atoms with van der Waals surface area (Å²) in [5.74, 6) is 0.898. The topological polar surface area (TPSA) is 109 Å². The molecule has 0 radical (unpaired) electrons. The molecule has 2 aromatic carbocycles. The van der Waals surface area contributed by atoms with Gasteiger partial charge in [0.1, 0.15) is 21.7 Å². The first kappa shape index (κ1) is 29.0. The van der Waals surface area contributed by atoms with E-state index in [1.54, 1.807) is 40.0 Å². The monoisotopic (exact) mass is 619 g/mol. The van der Waals surface area contributed by atoms with Crippen LogP contribution in [0.1, 0.15) is 61.4 Å². The maximum Gasteiger partial charge on any atom is 0.328 e. The molecule has 4 fully saturated rings. The average molecular weight is 620 g/mol. The largest absolute Gasteiger partial charge is 0.467 e. The highest BCUT2D eigenvalue weighted by Crippen LogP contribution is 2.56. The highest BCUT2D eigenvalue weighted by molar-refractivity contribution is 7.89. The number of nitrogens with one attached hydrogen (secondary N) is 2. The summed E-state index contributed by atoms with van der Waals surface area (Å²) in [5, 5.41) is 0.965. The zero-order chi connectivity index (χ0) is 30.3. The Balaban J connectivity index is 1.28. The molecular formula is C31H36B2ClN3O5S. The van der Waals surface area contributed by atoms with Gasteiger partial charge in [-0.15, -0.1) is 11.6 Å². The van der Waals surface area contributed by atoms with E-state index in [1.165, 1.54) is 31.3 Å². The van der Waals surface area contributed by atoms with Crippen LogP contribution in [0.3, 0.4) is 0 Å². The number of aromatic nitrogens is 1. The van der Waals surface area contributed by atoms with Gasteiger partial charge in [0.05, 0.1) is 22.7 Å². The lowest BCUT2D eigenvalue weighted by Gasteiger charge is -2.56. The fraction of sp³-hybridized carbons (Fsp3) is 0.484. The average Bonchev–Trinajstić information content (AvgIpc) is 3.32. The van der Waals surface area contributed by atoms with E-state index < -0.39 is 38.7 Å². The Labute approximate surface area is 259 Å². The third-order valence-electron chi connectivity index (χ3n) is 10.2. The van der Waals surface area contributed by atoms with E-state index in [9.17, 15) is 18.0 Å². The normalized spacial score (nSPS) is 29.9. The van der Waals surface area contributed by atoms with E-state index in [-0.39, 0.29) is 16.9 Å². The number of carbonyl (C=O) groups excluding carboxylic acids is 2. The second kappa shape index (κ2) is 10.1. The lowest BCUT2D eigenvalue weighted by molar-refractivity contribution is -0.154. The number of methoxy groups -OCH3 is 1. The van der Waals surface area contributed by atoms with Crippen molar-refractivity contribution in [1.82, 2.24) is 14.6 Å². The molecule has 2 atom stereocenters. The Morgan fingerprint density at radius 1 is 1.02 bits per heavy atom. The lowest BCUT2D eigenvalue weighted by atomic mass is 9.53. The number of hydrogen-bond donors (Lipinski definition) is 2. The molecule has 0 saturated heterocycles. The van der Waals surface area contributed by atoms with E-state index in [1.807, 2.05) is 24.3 Å². The maximum absolute atomic E-state index is 13.9. The summed E-state index contributed by atoms with van der Waals surface area (Å²) in [7, 11) is 0.758. The number of H-pyrrole nitrogens is 1. The van der Waals surface area contributed by atoms with Crippen LogP contribution in [0.4, 0.5) is 0 Å². The fourth-order valence-corrected chi connectivity index (χ4v) is 10.4. The van der Waals surface area contributed by atoms with Crippen LogP contribution in [0.15, 0.2) is 53.4 Å². The van der Waals surface area contributed by atoms with Gasteiger partial charge in [0.25, 0.3) is 0 Å². The number of nitrogens with zero attached hydrogens (tertiary/aromatic N) is 1. The highest BCUT2D eigenvalue weighted by Gasteiger charge is 2.52. The van der Waals surface area contributed by atoms with Crippen LogP contribution in [-0.4, -0.2) is 69.2 Å². The highest BCUT2D eigenvalue weighted by atomic mass is 35.5. The van der Waals surface area contributed by atoms with Crippen molar-refractivity contribution in [1.29, 1.82) is 0 Å². The van der Waals surface area contributed by atoms with Gasteiger partial charge in [0, 0.05) is 28.6 Å². The minimum Gasteiger partial charge on any atom is -0.467 e. The number of fused-ring (bicyclic) bond motifs is 3. The van der Waals surface area contributed by atoms with E-state index >= 15 is 0 Å². The molecule has 1 aromatic heterocycles. The predicted molar refractivity (Wildman–Crippen MR) is 170 cm³/mol.